The van der Waals surface area contributed by atoms with Crippen molar-refractivity contribution < 1.29 is 37.1 Å². The van der Waals surface area contributed by atoms with Crippen molar-refractivity contribution in [3.63, 3.8) is 0 Å². The molecule has 0 saturated carbocycles. The minimum atomic E-state index is -4.36. The van der Waals surface area contributed by atoms with Crippen molar-refractivity contribution >= 4 is 35.2 Å². The van der Waals surface area contributed by atoms with E-state index in [0.717, 1.165) is 10.5 Å². The van der Waals surface area contributed by atoms with Gasteiger partial charge in [-0.15, -0.1) is 0 Å². The number of nitrogens with one attached hydrogen (secondary N) is 2. The highest BCUT2D eigenvalue weighted by Crippen LogP contribution is 2.33. The zero-order valence-corrected chi connectivity index (χ0v) is 21.4. The van der Waals surface area contributed by atoms with Crippen LogP contribution in [0.5, 0.6) is 0 Å². The van der Waals surface area contributed by atoms with Crippen LogP contribution in [0.15, 0.2) is 30.6 Å². The molecule has 1 unspecified atom stereocenters. The molecule has 0 radical (unpaired) electrons. The van der Waals surface area contributed by atoms with E-state index >= 15 is 0 Å². The number of likely N-dealkylation sites (tertiary alicyclic amines) is 1. The van der Waals surface area contributed by atoms with Crippen LogP contribution in [0.1, 0.15) is 70.8 Å². The highest BCUT2D eigenvalue weighted by Gasteiger charge is 2.45. The summed E-state index contributed by atoms with van der Waals surface area (Å²) in [5.74, 6) is -2.82. The highest BCUT2D eigenvalue weighted by molar-refractivity contribution is 6.25. The van der Waals surface area contributed by atoms with E-state index in [9.17, 15) is 37.1 Å². The van der Waals surface area contributed by atoms with Crippen LogP contribution < -0.4 is 10.6 Å². The van der Waals surface area contributed by atoms with Crippen molar-refractivity contribution in [2.24, 2.45) is 0 Å². The molecule has 3 aliphatic heterocycles. The number of nitrogens with zero attached hydrogens (tertiary/aromatic N) is 4. The first-order valence-corrected chi connectivity index (χ1v) is 13.0. The van der Waals surface area contributed by atoms with Gasteiger partial charge in [-0.25, -0.2) is 0 Å². The lowest BCUT2D eigenvalue weighted by molar-refractivity contribution is -0.149. The Kier molecular flexibility index (Phi) is 7.34. The Labute approximate surface area is 226 Å². The second-order valence-electron chi connectivity index (χ2n) is 10.1. The number of amides is 5. The summed E-state index contributed by atoms with van der Waals surface area (Å²) < 4.78 is 39.0. The first-order valence-electron chi connectivity index (χ1n) is 13.0. The lowest BCUT2D eigenvalue weighted by Crippen LogP contribution is -2.54. The monoisotopic (exact) mass is 560 g/mol. The van der Waals surface area contributed by atoms with Crippen molar-refractivity contribution in [1.29, 1.82) is 0 Å². The van der Waals surface area contributed by atoms with Crippen LogP contribution in [0.25, 0.3) is 0 Å². The number of aromatic nitrogens is 2. The Bertz CT molecular complexity index is 1360. The number of fused-ring (bicyclic) bond motifs is 1. The van der Waals surface area contributed by atoms with E-state index in [4.69, 9.17) is 0 Å². The predicted molar refractivity (Wildman–Crippen MR) is 133 cm³/mol. The molecule has 11 nitrogen and oxygen atoms in total. The number of alkyl halides is 3. The van der Waals surface area contributed by atoms with Gasteiger partial charge in [0.25, 0.3) is 11.8 Å². The Balaban J connectivity index is 1.19. The van der Waals surface area contributed by atoms with E-state index in [1.807, 2.05) is 6.20 Å². The lowest BCUT2D eigenvalue weighted by atomic mass is 10.0. The van der Waals surface area contributed by atoms with Gasteiger partial charge in [0.2, 0.25) is 17.7 Å². The largest absolute Gasteiger partial charge is 0.389 e. The maximum atomic E-state index is 13.2. The highest BCUT2D eigenvalue weighted by atomic mass is 19.4. The Morgan fingerprint density at radius 1 is 1.07 bits per heavy atom. The second kappa shape index (κ2) is 10.7. The molecule has 5 rings (SSSR count). The molecule has 2 aromatic rings. The van der Waals surface area contributed by atoms with Crippen LogP contribution in [-0.2, 0) is 20.9 Å². The zero-order chi connectivity index (χ0) is 28.6. The second-order valence-corrected chi connectivity index (χ2v) is 10.1. The molecule has 212 valence electrons. The molecule has 0 spiro atoms. The molecule has 5 amide bonds. The van der Waals surface area contributed by atoms with Gasteiger partial charge in [0, 0.05) is 49.9 Å². The third-order valence-electron chi connectivity index (χ3n) is 7.42. The Morgan fingerprint density at radius 2 is 1.82 bits per heavy atom. The van der Waals surface area contributed by atoms with E-state index in [-0.39, 0.29) is 36.6 Å². The number of hydrogen-bond acceptors (Lipinski definition) is 7. The van der Waals surface area contributed by atoms with Crippen molar-refractivity contribution in [1.82, 2.24) is 24.9 Å². The minimum absolute atomic E-state index is 0.0114. The van der Waals surface area contributed by atoms with Gasteiger partial charge in [0.15, 0.2) is 0 Å². The van der Waals surface area contributed by atoms with Gasteiger partial charge in [-0.1, -0.05) is 6.07 Å². The molecule has 2 saturated heterocycles. The molecular weight excluding hydrogens is 533 g/mol. The van der Waals surface area contributed by atoms with Crippen LogP contribution in [0, 0.1) is 0 Å². The fraction of sp³-hybridized carbons (Fsp3) is 0.462. The summed E-state index contributed by atoms with van der Waals surface area (Å²) in [6, 6.07) is 3.75. The maximum Gasteiger partial charge on any atom is 0.389 e. The summed E-state index contributed by atoms with van der Waals surface area (Å²) in [7, 11) is 0. The molecule has 3 aliphatic rings. The summed E-state index contributed by atoms with van der Waals surface area (Å²) in [6.07, 6.45) is -1.33. The van der Waals surface area contributed by atoms with E-state index in [2.05, 4.69) is 15.7 Å². The number of anilines is 1. The predicted octanol–water partition coefficient (Wildman–Crippen LogP) is 2.40. The van der Waals surface area contributed by atoms with Gasteiger partial charge >= 0.3 is 6.18 Å². The summed E-state index contributed by atoms with van der Waals surface area (Å²) in [5.41, 5.74) is 1.54. The number of piperidine rings is 2. The summed E-state index contributed by atoms with van der Waals surface area (Å²) in [5, 5.41) is 9.74. The molecule has 1 aromatic carbocycles. The number of benzene rings is 1. The molecule has 2 N–H and O–H groups in total. The van der Waals surface area contributed by atoms with Gasteiger partial charge in [-0.05, 0) is 31.4 Å². The fourth-order valence-electron chi connectivity index (χ4n) is 5.31. The summed E-state index contributed by atoms with van der Waals surface area (Å²) in [6.45, 7) is 0.987. The zero-order valence-electron chi connectivity index (χ0n) is 21.4. The van der Waals surface area contributed by atoms with Crippen LogP contribution >= 0.6 is 0 Å². The van der Waals surface area contributed by atoms with Gasteiger partial charge in [0.05, 0.1) is 29.8 Å². The van der Waals surface area contributed by atoms with Gasteiger partial charge in [0.1, 0.15) is 6.04 Å². The lowest BCUT2D eigenvalue weighted by Gasteiger charge is -2.32. The quantitative estimate of drug-likeness (QED) is 0.497. The van der Waals surface area contributed by atoms with Crippen molar-refractivity contribution in [3.8, 4) is 0 Å². The van der Waals surface area contributed by atoms with E-state index in [0.29, 0.717) is 31.6 Å². The first kappa shape index (κ1) is 27.3. The molecule has 40 heavy (non-hydrogen) atoms. The number of hydrogen-bond donors (Lipinski definition) is 2. The Hall–Kier alpha value is -4.23. The van der Waals surface area contributed by atoms with Crippen LogP contribution in [0.2, 0.25) is 0 Å². The SMILES string of the molecule is O=C1CCC(N2C(=O)c3cccc(NCc4cnn(C5CCN(C(=O)CCC(F)(F)F)CC5)c4)c3C2=O)C(=O)N1. The van der Waals surface area contributed by atoms with E-state index in [1.165, 1.54) is 11.0 Å². The fourth-order valence-corrected chi connectivity index (χ4v) is 5.31. The molecule has 2 fully saturated rings. The molecule has 0 aliphatic carbocycles. The number of halogens is 3. The Morgan fingerprint density at radius 3 is 2.52 bits per heavy atom. The van der Waals surface area contributed by atoms with E-state index < -0.39 is 54.6 Å². The number of carbonyl (C=O) groups is 5. The molecule has 1 aromatic heterocycles. The van der Waals surface area contributed by atoms with Crippen molar-refractivity contribution in [2.75, 3.05) is 18.4 Å². The molecule has 14 heteroatoms. The summed E-state index contributed by atoms with van der Waals surface area (Å²) >= 11 is 0. The maximum absolute atomic E-state index is 13.2. The average Bonchev–Trinajstić information content (AvgIpc) is 3.49. The topological polar surface area (TPSA) is 134 Å². The van der Waals surface area contributed by atoms with Gasteiger partial charge < -0.3 is 10.2 Å². The van der Waals surface area contributed by atoms with Crippen LogP contribution in [-0.4, -0.2) is 74.4 Å². The number of rotatable bonds is 7. The van der Waals surface area contributed by atoms with Crippen molar-refractivity contribution in [2.45, 2.75) is 63.3 Å². The summed E-state index contributed by atoms with van der Waals surface area (Å²) in [4.78, 5) is 64.5. The van der Waals surface area contributed by atoms with Gasteiger partial charge in [-0.2, -0.15) is 18.3 Å². The standard InChI is InChI=1S/C26H27F3N6O5/c27-26(28,29)9-6-21(37)33-10-7-16(8-11-33)34-14-15(13-31-34)12-30-18-3-1-2-17-22(18)25(40)35(24(17)39)19-4-5-20(36)32-23(19)38/h1-3,13-14,16,19,30H,4-12H2,(H,32,36,38). The first-order chi connectivity index (χ1) is 19.0. The van der Waals surface area contributed by atoms with Crippen molar-refractivity contribution in [3.05, 3.63) is 47.3 Å². The third-order valence-corrected chi connectivity index (χ3v) is 7.42. The number of carbonyl (C=O) groups excluding carboxylic acids is 5. The average molecular weight is 561 g/mol. The van der Waals surface area contributed by atoms with Gasteiger partial charge in [-0.3, -0.25) is 38.9 Å². The minimum Gasteiger partial charge on any atom is -0.380 e. The molecule has 1 atom stereocenters. The normalized spacial score (nSPS) is 20.1. The van der Waals surface area contributed by atoms with Crippen LogP contribution in [0.4, 0.5) is 18.9 Å². The van der Waals surface area contributed by atoms with Crippen LogP contribution in [0.3, 0.4) is 0 Å². The van der Waals surface area contributed by atoms with E-state index in [1.54, 1.807) is 23.0 Å². The molecular formula is C26H27F3N6O5. The third kappa shape index (κ3) is 5.56. The smallest absolute Gasteiger partial charge is 0.380 e. The number of imide groups is 2. The molecule has 4 heterocycles. The molecule has 0 bridgehead atoms.